The van der Waals surface area contributed by atoms with Crippen LogP contribution < -0.4 is 11.1 Å². The van der Waals surface area contributed by atoms with E-state index in [1.54, 1.807) is 42.6 Å². The number of amides is 1. The van der Waals surface area contributed by atoms with Gasteiger partial charge in [-0.05, 0) is 24.1 Å². The highest BCUT2D eigenvalue weighted by molar-refractivity contribution is 5.98. The minimum atomic E-state index is -0.488. The largest absolute Gasteiger partial charge is 0.445 e. The number of ketones is 1. The van der Waals surface area contributed by atoms with Gasteiger partial charge >= 0.3 is 6.09 Å². The number of nitrogens with zero attached hydrogens (tertiary/aromatic N) is 1. The number of pyridine rings is 1. The number of aromatic nitrogens is 1. The van der Waals surface area contributed by atoms with E-state index in [0.717, 1.165) is 16.7 Å². The Labute approximate surface area is 169 Å². The average Bonchev–Trinajstić information content (AvgIpc) is 2.74. The molecule has 3 aromatic rings. The van der Waals surface area contributed by atoms with Crippen molar-refractivity contribution in [1.82, 2.24) is 10.3 Å². The molecule has 1 aromatic heterocycles. The Morgan fingerprint density at radius 2 is 1.69 bits per heavy atom. The van der Waals surface area contributed by atoms with Crippen molar-refractivity contribution in [2.75, 3.05) is 5.73 Å². The monoisotopic (exact) mass is 389 g/mol. The topological polar surface area (TPSA) is 94.3 Å². The molecule has 0 fully saturated rings. The molecule has 148 valence electrons. The Kier molecular flexibility index (Phi) is 6.58. The third-order valence-electron chi connectivity index (χ3n) is 4.48. The molecule has 0 saturated heterocycles. The quantitative estimate of drug-likeness (QED) is 0.599. The fourth-order valence-corrected chi connectivity index (χ4v) is 2.74. The van der Waals surface area contributed by atoms with Crippen LogP contribution in [0, 0.1) is 6.92 Å². The summed E-state index contributed by atoms with van der Waals surface area (Å²) in [6.45, 7) is 2.54. The molecular weight excluding hydrogens is 366 g/mol. The molecule has 0 saturated carbocycles. The number of aryl methyl sites for hydroxylation is 1. The fraction of sp³-hybridized carbons (Fsp3) is 0.174. The summed E-state index contributed by atoms with van der Waals surface area (Å²) >= 11 is 0. The smallest absolute Gasteiger partial charge is 0.407 e. The Hall–Kier alpha value is -3.67. The molecule has 3 N–H and O–H groups in total. The summed E-state index contributed by atoms with van der Waals surface area (Å²) in [5.41, 5.74) is 10.0. The zero-order valence-electron chi connectivity index (χ0n) is 16.2. The van der Waals surface area contributed by atoms with Gasteiger partial charge in [0.2, 0.25) is 0 Å². The summed E-state index contributed by atoms with van der Waals surface area (Å²) in [6.07, 6.45) is 1.30. The molecule has 0 aliphatic heterocycles. The van der Waals surface area contributed by atoms with Crippen LogP contribution in [0.15, 0.2) is 66.9 Å². The second kappa shape index (κ2) is 9.50. The lowest BCUT2D eigenvalue weighted by atomic mass is 10.0. The van der Waals surface area contributed by atoms with Gasteiger partial charge in [0.05, 0.1) is 0 Å². The van der Waals surface area contributed by atoms with Crippen LogP contribution in [0.5, 0.6) is 0 Å². The molecular formula is C23H23N3O3. The minimum absolute atomic E-state index is 0.0401. The third-order valence-corrected chi connectivity index (χ3v) is 4.48. The second-order valence-electron chi connectivity index (χ2n) is 6.76. The van der Waals surface area contributed by atoms with Gasteiger partial charge in [0, 0.05) is 30.3 Å². The number of Topliss-reactive ketones (excluding diaryl/α,β-unsaturated/α-hetero) is 1. The molecule has 29 heavy (non-hydrogen) atoms. The Morgan fingerprint density at radius 1 is 1.00 bits per heavy atom. The van der Waals surface area contributed by atoms with Crippen LogP contribution in [0.25, 0.3) is 0 Å². The number of hydrogen-bond acceptors (Lipinski definition) is 5. The van der Waals surface area contributed by atoms with Crippen molar-refractivity contribution in [2.45, 2.75) is 26.5 Å². The van der Waals surface area contributed by atoms with Crippen molar-refractivity contribution < 1.29 is 14.3 Å². The van der Waals surface area contributed by atoms with Crippen LogP contribution in [0.3, 0.4) is 0 Å². The van der Waals surface area contributed by atoms with E-state index in [2.05, 4.69) is 10.3 Å². The maximum atomic E-state index is 12.4. The highest BCUT2D eigenvalue weighted by Gasteiger charge is 2.10. The average molecular weight is 389 g/mol. The zero-order valence-corrected chi connectivity index (χ0v) is 16.2. The van der Waals surface area contributed by atoms with E-state index in [1.165, 1.54) is 0 Å². The number of anilines is 1. The standard InChI is InChI=1S/C23H23N3O3/c1-16-4-6-18(7-5-16)15-29-23(28)26-14-17-8-10-19(11-9-17)21(27)13-20-3-2-12-25-22(20)24/h2-12H,13-15H2,1H3,(H2,24,25)(H,26,28). The predicted molar refractivity (Wildman–Crippen MR) is 111 cm³/mol. The zero-order chi connectivity index (χ0) is 20.6. The van der Waals surface area contributed by atoms with E-state index < -0.39 is 6.09 Å². The molecule has 3 rings (SSSR count). The molecule has 1 amide bonds. The SMILES string of the molecule is Cc1ccc(COC(=O)NCc2ccc(C(=O)Cc3cccnc3N)cc2)cc1. The highest BCUT2D eigenvalue weighted by atomic mass is 16.5. The number of alkyl carbamates (subject to hydrolysis) is 1. The lowest BCUT2D eigenvalue weighted by Gasteiger charge is -2.08. The molecule has 0 bridgehead atoms. The highest BCUT2D eigenvalue weighted by Crippen LogP contribution is 2.13. The number of carbonyl (C=O) groups excluding carboxylic acids is 2. The van der Waals surface area contributed by atoms with Gasteiger partial charge in [0.1, 0.15) is 12.4 Å². The van der Waals surface area contributed by atoms with E-state index in [4.69, 9.17) is 10.5 Å². The fourth-order valence-electron chi connectivity index (χ4n) is 2.74. The number of hydrogen-bond donors (Lipinski definition) is 2. The summed E-state index contributed by atoms with van der Waals surface area (Å²) in [4.78, 5) is 28.3. The Balaban J connectivity index is 1.47. The predicted octanol–water partition coefficient (Wildman–Crippen LogP) is 3.82. The molecule has 0 unspecified atom stereocenters. The molecule has 0 aliphatic carbocycles. The summed E-state index contributed by atoms with van der Waals surface area (Å²) in [6, 6.07) is 18.4. The van der Waals surface area contributed by atoms with Crippen LogP contribution in [0.1, 0.15) is 32.6 Å². The van der Waals surface area contributed by atoms with E-state index in [-0.39, 0.29) is 18.8 Å². The number of rotatable bonds is 7. The van der Waals surface area contributed by atoms with Gasteiger partial charge in [0.15, 0.2) is 5.78 Å². The lowest BCUT2D eigenvalue weighted by molar-refractivity contribution is 0.0993. The maximum Gasteiger partial charge on any atom is 0.407 e. The molecule has 2 aromatic carbocycles. The van der Waals surface area contributed by atoms with Crippen LogP contribution in [-0.4, -0.2) is 16.9 Å². The van der Waals surface area contributed by atoms with Crippen LogP contribution in [0.4, 0.5) is 10.6 Å². The van der Waals surface area contributed by atoms with Crippen LogP contribution >= 0.6 is 0 Å². The maximum absolute atomic E-state index is 12.4. The summed E-state index contributed by atoms with van der Waals surface area (Å²) in [5, 5.41) is 2.71. The number of benzene rings is 2. The molecule has 0 atom stereocenters. The number of nitrogens with one attached hydrogen (secondary N) is 1. The molecule has 0 aliphatic rings. The van der Waals surface area contributed by atoms with Gasteiger partial charge in [-0.3, -0.25) is 4.79 Å². The second-order valence-corrected chi connectivity index (χ2v) is 6.76. The van der Waals surface area contributed by atoms with Crippen LogP contribution in [0.2, 0.25) is 0 Å². The molecule has 0 radical (unpaired) electrons. The minimum Gasteiger partial charge on any atom is -0.445 e. The molecule has 6 heteroatoms. The molecule has 1 heterocycles. The van der Waals surface area contributed by atoms with Crippen molar-refractivity contribution in [2.24, 2.45) is 0 Å². The van der Waals surface area contributed by atoms with Crippen molar-refractivity contribution in [3.05, 3.63) is 94.7 Å². The van der Waals surface area contributed by atoms with E-state index in [1.807, 2.05) is 31.2 Å². The first-order valence-corrected chi connectivity index (χ1v) is 9.29. The van der Waals surface area contributed by atoms with Crippen molar-refractivity contribution in [3.63, 3.8) is 0 Å². The van der Waals surface area contributed by atoms with E-state index >= 15 is 0 Å². The Morgan fingerprint density at radius 3 is 2.38 bits per heavy atom. The van der Waals surface area contributed by atoms with Crippen molar-refractivity contribution in [1.29, 1.82) is 0 Å². The first-order valence-electron chi connectivity index (χ1n) is 9.29. The first kappa shape index (κ1) is 20.1. The van der Waals surface area contributed by atoms with Crippen molar-refractivity contribution >= 4 is 17.7 Å². The lowest BCUT2D eigenvalue weighted by Crippen LogP contribution is -2.23. The molecule has 0 spiro atoms. The summed E-state index contributed by atoms with van der Waals surface area (Å²) in [7, 11) is 0. The van der Waals surface area contributed by atoms with Gasteiger partial charge in [-0.1, -0.05) is 60.2 Å². The number of ether oxygens (including phenoxy) is 1. The van der Waals surface area contributed by atoms with Gasteiger partial charge < -0.3 is 15.8 Å². The van der Waals surface area contributed by atoms with E-state index in [9.17, 15) is 9.59 Å². The Bertz CT molecular complexity index is 983. The van der Waals surface area contributed by atoms with E-state index in [0.29, 0.717) is 23.5 Å². The summed E-state index contributed by atoms with van der Waals surface area (Å²) in [5.74, 6) is 0.326. The summed E-state index contributed by atoms with van der Waals surface area (Å²) < 4.78 is 5.21. The van der Waals surface area contributed by atoms with Gasteiger partial charge in [-0.2, -0.15) is 0 Å². The van der Waals surface area contributed by atoms with Gasteiger partial charge in [0.25, 0.3) is 0 Å². The van der Waals surface area contributed by atoms with Gasteiger partial charge in [-0.25, -0.2) is 9.78 Å². The van der Waals surface area contributed by atoms with Crippen LogP contribution in [-0.2, 0) is 24.3 Å². The normalized spacial score (nSPS) is 10.4. The molecule has 6 nitrogen and oxygen atoms in total. The first-order chi connectivity index (χ1) is 14.0. The number of nitrogens with two attached hydrogens (primary N) is 1. The number of nitrogen functional groups attached to an aromatic ring is 1. The van der Waals surface area contributed by atoms with Crippen molar-refractivity contribution in [3.8, 4) is 0 Å². The number of carbonyl (C=O) groups is 2. The third kappa shape index (κ3) is 5.90. The van der Waals surface area contributed by atoms with Gasteiger partial charge in [-0.15, -0.1) is 0 Å².